The molecule has 0 amide bonds. The van der Waals surface area contributed by atoms with Gasteiger partial charge >= 0.3 is 5.97 Å². The Morgan fingerprint density at radius 2 is 2.44 bits per heavy atom. The van der Waals surface area contributed by atoms with Crippen molar-refractivity contribution in [3.8, 4) is 0 Å². The molecule has 1 aromatic rings. The molecule has 4 nitrogen and oxygen atoms in total. The van der Waals surface area contributed by atoms with Crippen molar-refractivity contribution >= 4 is 33.2 Å². The first-order valence-corrected chi connectivity index (χ1v) is 7.45. The maximum Gasteiger partial charge on any atom is 0.336 e. The number of nitrogens with zero attached hydrogens (tertiary/aromatic N) is 1. The van der Waals surface area contributed by atoms with E-state index in [4.69, 9.17) is 9.47 Å². The van der Waals surface area contributed by atoms with Crippen LogP contribution in [0.15, 0.2) is 15.9 Å². The minimum absolute atomic E-state index is 0.0431. The van der Waals surface area contributed by atoms with Gasteiger partial charge in [0, 0.05) is 29.0 Å². The van der Waals surface area contributed by atoms with Crippen LogP contribution in [-0.4, -0.2) is 43.3 Å². The summed E-state index contributed by atoms with van der Waals surface area (Å²) in [4.78, 5) is 15.0. The van der Waals surface area contributed by atoms with Crippen LogP contribution in [0.4, 0.5) is 0 Å². The first kappa shape index (κ1) is 14.0. The van der Waals surface area contributed by atoms with E-state index in [0.29, 0.717) is 6.54 Å². The summed E-state index contributed by atoms with van der Waals surface area (Å²) < 4.78 is 11.5. The van der Waals surface area contributed by atoms with Crippen LogP contribution in [0.5, 0.6) is 0 Å². The minimum Gasteiger partial charge on any atom is -0.467 e. The zero-order valence-electron chi connectivity index (χ0n) is 10.4. The average Bonchev–Trinajstić information content (AvgIpc) is 2.73. The lowest BCUT2D eigenvalue weighted by Crippen LogP contribution is -2.49. The number of methoxy groups -OCH3 is 1. The molecule has 0 spiro atoms. The molecular formula is C12H16BrNO3S. The molecule has 0 aromatic carbocycles. The molecule has 1 saturated heterocycles. The van der Waals surface area contributed by atoms with Crippen LogP contribution in [0.25, 0.3) is 0 Å². The molecule has 1 aromatic heterocycles. The summed E-state index contributed by atoms with van der Waals surface area (Å²) in [5.41, 5.74) is 0. The number of carbonyl (C=O) groups excluding carboxylic acids is 1. The molecule has 6 heteroatoms. The second kappa shape index (κ2) is 6.14. The zero-order chi connectivity index (χ0) is 13.1. The molecule has 0 aliphatic carbocycles. The van der Waals surface area contributed by atoms with Crippen LogP contribution in [0, 0.1) is 0 Å². The van der Waals surface area contributed by atoms with E-state index in [1.807, 2.05) is 13.0 Å². The van der Waals surface area contributed by atoms with E-state index in [0.717, 1.165) is 17.6 Å². The molecule has 2 heterocycles. The Balaban J connectivity index is 2.00. The van der Waals surface area contributed by atoms with Crippen molar-refractivity contribution in [2.24, 2.45) is 0 Å². The zero-order valence-corrected chi connectivity index (χ0v) is 12.8. The summed E-state index contributed by atoms with van der Waals surface area (Å²) in [5, 5.41) is 2.06. The van der Waals surface area contributed by atoms with Gasteiger partial charge in [-0.05, 0) is 34.3 Å². The highest BCUT2D eigenvalue weighted by atomic mass is 79.9. The largest absolute Gasteiger partial charge is 0.467 e. The van der Waals surface area contributed by atoms with E-state index >= 15 is 0 Å². The van der Waals surface area contributed by atoms with Gasteiger partial charge in [0.15, 0.2) is 6.10 Å². The van der Waals surface area contributed by atoms with Crippen molar-refractivity contribution in [1.82, 2.24) is 4.90 Å². The maximum atomic E-state index is 11.5. The molecule has 1 aliphatic heterocycles. The van der Waals surface area contributed by atoms with Gasteiger partial charge in [0.1, 0.15) is 0 Å². The molecule has 2 rings (SSSR count). The quantitative estimate of drug-likeness (QED) is 0.795. The predicted molar refractivity (Wildman–Crippen MR) is 73.6 cm³/mol. The summed E-state index contributed by atoms with van der Waals surface area (Å²) in [6.07, 6.45) is -0.431. The highest BCUT2D eigenvalue weighted by Crippen LogP contribution is 2.25. The van der Waals surface area contributed by atoms with Crippen LogP contribution >= 0.6 is 27.3 Å². The van der Waals surface area contributed by atoms with Crippen molar-refractivity contribution in [3.05, 3.63) is 20.8 Å². The molecule has 2 atom stereocenters. The van der Waals surface area contributed by atoms with Crippen molar-refractivity contribution in [3.63, 3.8) is 0 Å². The number of ether oxygens (including phenoxy) is 2. The van der Waals surface area contributed by atoms with Crippen LogP contribution in [-0.2, 0) is 20.8 Å². The first-order chi connectivity index (χ1) is 8.60. The van der Waals surface area contributed by atoms with Crippen LogP contribution in [0.1, 0.15) is 11.8 Å². The van der Waals surface area contributed by atoms with Crippen LogP contribution < -0.4 is 0 Å². The van der Waals surface area contributed by atoms with Gasteiger partial charge < -0.3 is 9.47 Å². The van der Waals surface area contributed by atoms with Crippen molar-refractivity contribution < 1.29 is 14.3 Å². The van der Waals surface area contributed by atoms with Gasteiger partial charge in [-0.3, -0.25) is 4.90 Å². The Hall–Kier alpha value is -0.430. The van der Waals surface area contributed by atoms with E-state index in [2.05, 4.69) is 26.2 Å². The van der Waals surface area contributed by atoms with Gasteiger partial charge in [0.2, 0.25) is 0 Å². The van der Waals surface area contributed by atoms with Crippen LogP contribution in [0.2, 0.25) is 0 Å². The fourth-order valence-electron chi connectivity index (χ4n) is 2.07. The normalized spacial score (nSPS) is 25.1. The standard InChI is InChI=1S/C12H16BrNO3S/c1-8-5-14(6-10(17-8)12(15)16-2)7-11-9(13)3-4-18-11/h3-4,8,10H,5-7H2,1-2H3/t8-,10?/m1/s1. The van der Waals surface area contributed by atoms with Crippen molar-refractivity contribution in [2.45, 2.75) is 25.7 Å². The summed E-state index contributed by atoms with van der Waals surface area (Å²) in [6, 6.07) is 2.04. The van der Waals surface area contributed by atoms with Gasteiger partial charge in [-0.25, -0.2) is 4.79 Å². The molecule has 1 unspecified atom stereocenters. The van der Waals surface area contributed by atoms with E-state index in [1.165, 1.54) is 12.0 Å². The number of hydrogen-bond donors (Lipinski definition) is 0. The molecule has 0 saturated carbocycles. The van der Waals surface area contributed by atoms with E-state index in [-0.39, 0.29) is 12.1 Å². The Morgan fingerprint density at radius 1 is 1.67 bits per heavy atom. The van der Waals surface area contributed by atoms with E-state index in [1.54, 1.807) is 11.3 Å². The second-order valence-electron chi connectivity index (χ2n) is 4.34. The summed E-state index contributed by atoms with van der Waals surface area (Å²) in [6.45, 7) is 4.23. The number of halogens is 1. The number of esters is 1. The topological polar surface area (TPSA) is 38.8 Å². The van der Waals surface area contributed by atoms with E-state index in [9.17, 15) is 4.79 Å². The van der Waals surface area contributed by atoms with Crippen molar-refractivity contribution in [1.29, 1.82) is 0 Å². The molecule has 18 heavy (non-hydrogen) atoms. The number of hydrogen-bond acceptors (Lipinski definition) is 5. The number of thiophene rings is 1. The molecule has 1 fully saturated rings. The van der Waals surface area contributed by atoms with Crippen molar-refractivity contribution in [2.75, 3.05) is 20.2 Å². The predicted octanol–water partition coefficient (Wildman–Crippen LogP) is 2.27. The minimum atomic E-state index is -0.475. The highest BCUT2D eigenvalue weighted by Gasteiger charge is 2.31. The number of morpholine rings is 1. The third-order valence-corrected chi connectivity index (χ3v) is 4.77. The highest BCUT2D eigenvalue weighted by molar-refractivity contribution is 9.10. The molecule has 1 aliphatic rings. The lowest BCUT2D eigenvalue weighted by Gasteiger charge is -2.35. The maximum absolute atomic E-state index is 11.5. The summed E-state index contributed by atoms with van der Waals surface area (Å²) in [7, 11) is 1.39. The van der Waals surface area contributed by atoms with Gasteiger partial charge in [-0.2, -0.15) is 0 Å². The SMILES string of the molecule is COC(=O)C1CN(Cc2sccc2Br)C[C@@H](C)O1. The monoisotopic (exact) mass is 333 g/mol. The van der Waals surface area contributed by atoms with Gasteiger partial charge in [0.05, 0.1) is 13.2 Å². The molecule has 0 bridgehead atoms. The molecule has 0 N–H and O–H groups in total. The number of rotatable bonds is 3. The fraction of sp³-hybridized carbons (Fsp3) is 0.583. The first-order valence-electron chi connectivity index (χ1n) is 5.77. The fourth-order valence-corrected chi connectivity index (χ4v) is 3.59. The van der Waals surface area contributed by atoms with Gasteiger partial charge in [0.25, 0.3) is 0 Å². The second-order valence-corrected chi connectivity index (χ2v) is 6.20. The Kier molecular flexibility index (Phi) is 4.77. The molecule has 0 radical (unpaired) electrons. The Bertz CT molecular complexity index is 423. The molecular weight excluding hydrogens is 318 g/mol. The van der Waals surface area contributed by atoms with Gasteiger partial charge in [-0.15, -0.1) is 11.3 Å². The smallest absolute Gasteiger partial charge is 0.336 e. The third kappa shape index (κ3) is 3.32. The summed E-state index contributed by atoms with van der Waals surface area (Å²) in [5.74, 6) is -0.295. The number of carbonyl (C=O) groups is 1. The van der Waals surface area contributed by atoms with Gasteiger partial charge in [-0.1, -0.05) is 0 Å². The Morgan fingerprint density at radius 3 is 3.06 bits per heavy atom. The summed E-state index contributed by atoms with van der Waals surface area (Å²) >= 11 is 5.24. The third-order valence-electron chi connectivity index (χ3n) is 2.86. The lowest BCUT2D eigenvalue weighted by molar-refractivity contribution is -0.166. The Labute approximate surface area is 119 Å². The lowest BCUT2D eigenvalue weighted by atomic mass is 10.2. The van der Waals surface area contributed by atoms with Crippen LogP contribution in [0.3, 0.4) is 0 Å². The molecule has 100 valence electrons. The van der Waals surface area contributed by atoms with E-state index < -0.39 is 6.10 Å². The average molecular weight is 334 g/mol.